The number of carbonyl (C=O) groups excluding carboxylic acids is 1. The lowest BCUT2D eigenvalue weighted by atomic mass is 10.2. The molecule has 0 saturated heterocycles. The van der Waals surface area contributed by atoms with E-state index >= 15 is 0 Å². The third kappa shape index (κ3) is 3.33. The molecule has 4 heteroatoms. The number of amides is 1. The molecule has 0 atom stereocenters. The number of hydrogen-bond acceptors (Lipinski definition) is 3. The van der Waals surface area contributed by atoms with E-state index in [-0.39, 0.29) is 12.5 Å². The number of hydrogen-bond donors (Lipinski definition) is 2. The maximum atomic E-state index is 11.1. The van der Waals surface area contributed by atoms with Crippen LogP contribution in [0.2, 0.25) is 0 Å². The normalized spacial score (nSPS) is 10.0. The molecule has 4 nitrogen and oxygen atoms in total. The molecular weight excluding hydrogens is 242 g/mol. The Bertz CT molecular complexity index is 581. The summed E-state index contributed by atoms with van der Waals surface area (Å²) in [5.74, 6) is 0.952. The molecule has 2 rings (SSSR count). The largest absolute Gasteiger partial charge is 0.455 e. The van der Waals surface area contributed by atoms with Gasteiger partial charge < -0.3 is 15.2 Å². The van der Waals surface area contributed by atoms with Gasteiger partial charge in [0.15, 0.2) is 5.75 Å². The van der Waals surface area contributed by atoms with Gasteiger partial charge in [0.1, 0.15) is 5.75 Å². The Labute approximate surface area is 111 Å². The van der Waals surface area contributed by atoms with Crippen LogP contribution in [0.15, 0.2) is 48.5 Å². The summed E-state index contributed by atoms with van der Waals surface area (Å²) in [7, 11) is 0. The van der Waals surface area contributed by atoms with Gasteiger partial charge in [0.25, 0.3) is 0 Å². The van der Waals surface area contributed by atoms with Crippen LogP contribution in [0.25, 0.3) is 0 Å². The van der Waals surface area contributed by atoms with Crippen LogP contribution in [0.5, 0.6) is 11.5 Å². The molecule has 98 valence electrons. The highest BCUT2D eigenvalue weighted by molar-refractivity contribution is 5.90. The van der Waals surface area contributed by atoms with E-state index in [2.05, 4.69) is 5.32 Å². The molecule has 0 fully saturated rings. The first-order valence-corrected chi connectivity index (χ1v) is 5.94. The van der Waals surface area contributed by atoms with Crippen LogP contribution >= 0.6 is 0 Å². The number of aliphatic hydroxyl groups excluding tert-OH is 1. The Kier molecular flexibility index (Phi) is 4.15. The summed E-state index contributed by atoms with van der Waals surface area (Å²) >= 11 is 0. The highest BCUT2D eigenvalue weighted by Crippen LogP contribution is 2.31. The molecule has 2 aromatic carbocycles. The van der Waals surface area contributed by atoms with Crippen molar-refractivity contribution in [2.45, 2.75) is 13.5 Å². The van der Waals surface area contributed by atoms with E-state index in [0.29, 0.717) is 22.7 Å². The highest BCUT2D eigenvalue weighted by Gasteiger charge is 2.08. The van der Waals surface area contributed by atoms with E-state index < -0.39 is 0 Å². The maximum Gasteiger partial charge on any atom is 0.221 e. The summed E-state index contributed by atoms with van der Waals surface area (Å²) in [5, 5.41) is 12.0. The lowest BCUT2D eigenvalue weighted by Gasteiger charge is -2.13. The van der Waals surface area contributed by atoms with Crippen molar-refractivity contribution in [1.82, 2.24) is 0 Å². The highest BCUT2D eigenvalue weighted by atomic mass is 16.5. The van der Waals surface area contributed by atoms with E-state index in [1.54, 1.807) is 24.3 Å². The van der Waals surface area contributed by atoms with Crippen molar-refractivity contribution < 1.29 is 14.6 Å². The maximum absolute atomic E-state index is 11.1. The van der Waals surface area contributed by atoms with E-state index in [4.69, 9.17) is 4.74 Å². The molecule has 2 aromatic rings. The molecule has 0 radical (unpaired) electrons. The van der Waals surface area contributed by atoms with Gasteiger partial charge in [-0.05, 0) is 18.2 Å². The molecule has 0 spiro atoms. The molecule has 19 heavy (non-hydrogen) atoms. The summed E-state index contributed by atoms with van der Waals surface area (Å²) < 4.78 is 5.76. The molecule has 0 aromatic heterocycles. The number of anilines is 1. The van der Waals surface area contributed by atoms with Crippen LogP contribution < -0.4 is 10.1 Å². The second kappa shape index (κ2) is 6.02. The standard InChI is InChI=1S/C15H15NO3/c1-11(18)16-13-7-3-5-9-15(13)19-14-8-4-2-6-12(14)10-17/h2-9,17H,10H2,1H3,(H,16,18). The quantitative estimate of drug-likeness (QED) is 0.885. The van der Waals surface area contributed by atoms with Gasteiger partial charge in [-0.3, -0.25) is 4.79 Å². The number of aliphatic hydroxyl groups is 1. The lowest BCUT2D eigenvalue weighted by Crippen LogP contribution is -2.06. The van der Waals surface area contributed by atoms with Crippen molar-refractivity contribution in [2.24, 2.45) is 0 Å². The Morgan fingerprint density at radius 3 is 2.42 bits per heavy atom. The first kappa shape index (κ1) is 13.1. The minimum atomic E-state index is -0.161. The van der Waals surface area contributed by atoms with Gasteiger partial charge >= 0.3 is 0 Å². The zero-order valence-corrected chi connectivity index (χ0v) is 10.6. The molecule has 0 bridgehead atoms. The number of ether oxygens (including phenoxy) is 1. The minimum Gasteiger partial charge on any atom is -0.455 e. The minimum absolute atomic E-state index is 0.0987. The molecule has 0 aliphatic rings. The third-order valence-corrected chi connectivity index (χ3v) is 2.56. The lowest BCUT2D eigenvalue weighted by molar-refractivity contribution is -0.114. The summed E-state index contributed by atoms with van der Waals surface area (Å²) in [4.78, 5) is 11.1. The Morgan fingerprint density at radius 2 is 1.74 bits per heavy atom. The number of benzene rings is 2. The number of nitrogens with one attached hydrogen (secondary N) is 1. The van der Waals surface area contributed by atoms with Gasteiger partial charge in [0.2, 0.25) is 5.91 Å². The zero-order valence-electron chi connectivity index (χ0n) is 10.6. The smallest absolute Gasteiger partial charge is 0.221 e. The molecule has 0 aliphatic carbocycles. The van der Waals surface area contributed by atoms with Crippen LogP contribution in [-0.4, -0.2) is 11.0 Å². The van der Waals surface area contributed by atoms with Gasteiger partial charge in [0, 0.05) is 12.5 Å². The Morgan fingerprint density at radius 1 is 1.11 bits per heavy atom. The number of para-hydroxylation sites is 3. The van der Waals surface area contributed by atoms with Gasteiger partial charge in [-0.25, -0.2) is 0 Å². The van der Waals surface area contributed by atoms with E-state index in [0.717, 1.165) is 0 Å². The van der Waals surface area contributed by atoms with Crippen LogP contribution in [0.3, 0.4) is 0 Å². The number of carbonyl (C=O) groups is 1. The van der Waals surface area contributed by atoms with Crippen molar-refractivity contribution in [1.29, 1.82) is 0 Å². The molecule has 0 heterocycles. The van der Waals surface area contributed by atoms with Gasteiger partial charge in [-0.1, -0.05) is 30.3 Å². The van der Waals surface area contributed by atoms with Gasteiger partial charge in [-0.2, -0.15) is 0 Å². The molecule has 2 N–H and O–H groups in total. The monoisotopic (exact) mass is 257 g/mol. The van der Waals surface area contributed by atoms with Crippen LogP contribution in [-0.2, 0) is 11.4 Å². The fourth-order valence-corrected chi connectivity index (χ4v) is 1.70. The van der Waals surface area contributed by atoms with Crippen molar-refractivity contribution in [2.75, 3.05) is 5.32 Å². The predicted octanol–water partition coefficient (Wildman–Crippen LogP) is 2.93. The van der Waals surface area contributed by atoms with Crippen molar-refractivity contribution in [3.63, 3.8) is 0 Å². The van der Waals surface area contributed by atoms with Crippen molar-refractivity contribution in [3.05, 3.63) is 54.1 Å². The fraction of sp³-hybridized carbons (Fsp3) is 0.133. The first-order valence-electron chi connectivity index (χ1n) is 5.94. The average Bonchev–Trinajstić information content (AvgIpc) is 2.41. The molecule has 0 saturated carbocycles. The first-order chi connectivity index (χ1) is 9.20. The second-order valence-electron chi connectivity index (χ2n) is 4.05. The van der Waals surface area contributed by atoms with Crippen LogP contribution in [0, 0.1) is 0 Å². The van der Waals surface area contributed by atoms with E-state index in [9.17, 15) is 9.90 Å². The van der Waals surface area contributed by atoms with Gasteiger partial charge in [-0.15, -0.1) is 0 Å². The second-order valence-corrected chi connectivity index (χ2v) is 4.05. The summed E-state index contributed by atoms with van der Waals surface area (Å²) in [6.07, 6.45) is 0. The van der Waals surface area contributed by atoms with Crippen LogP contribution in [0.4, 0.5) is 5.69 Å². The third-order valence-electron chi connectivity index (χ3n) is 2.56. The molecule has 0 unspecified atom stereocenters. The fourth-order valence-electron chi connectivity index (χ4n) is 1.70. The van der Waals surface area contributed by atoms with Crippen molar-refractivity contribution in [3.8, 4) is 11.5 Å². The summed E-state index contributed by atoms with van der Waals surface area (Å²) in [6, 6.07) is 14.4. The Hall–Kier alpha value is -2.33. The summed E-state index contributed by atoms with van der Waals surface area (Å²) in [6.45, 7) is 1.34. The summed E-state index contributed by atoms with van der Waals surface area (Å²) in [5.41, 5.74) is 1.29. The molecule has 1 amide bonds. The van der Waals surface area contributed by atoms with E-state index in [1.165, 1.54) is 6.92 Å². The molecule has 0 aliphatic heterocycles. The van der Waals surface area contributed by atoms with Gasteiger partial charge in [0.05, 0.1) is 12.3 Å². The van der Waals surface area contributed by atoms with E-state index in [1.807, 2.05) is 24.3 Å². The average molecular weight is 257 g/mol. The van der Waals surface area contributed by atoms with Crippen molar-refractivity contribution >= 4 is 11.6 Å². The predicted molar refractivity (Wildman–Crippen MR) is 73.2 cm³/mol. The molecular formula is C15H15NO3. The Balaban J connectivity index is 2.30. The SMILES string of the molecule is CC(=O)Nc1ccccc1Oc1ccccc1CO. The van der Waals surface area contributed by atoms with Crippen LogP contribution in [0.1, 0.15) is 12.5 Å². The topological polar surface area (TPSA) is 58.6 Å². The zero-order chi connectivity index (χ0) is 13.7. The number of rotatable bonds is 4.